The second kappa shape index (κ2) is 8.25. The van der Waals surface area contributed by atoms with Crippen LogP contribution < -0.4 is 5.32 Å². The van der Waals surface area contributed by atoms with Crippen LogP contribution in [0.3, 0.4) is 0 Å². The van der Waals surface area contributed by atoms with Gasteiger partial charge in [0, 0.05) is 15.4 Å². The summed E-state index contributed by atoms with van der Waals surface area (Å²) in [7, 11) is 0. The second-order valence-corrected chi connectivity index (χ2v) is 7.31. The van der Waals surface area contributed by atoms with Crippen LogP contribution in [-0.4, -0.2) is 23.5 Å². The first-order chi connectivity index (χ1) is 12.5. The van der Waals surface area contributed by atoms with Crippen molar-refractivity contribution < 1.29 is 14.3 Å². The molecular weight excluding hydrogens is 416 g/mol. The Labute approximate surface area is 163 Å². The molecule has 0 fully saturated rings. The van der Waals surface area contributed by atoms with Crippen molar-refractivity contribution in [1.82, 2.24) is 4.98 Å². The number of rotatable bonds is 5. The van der Waals surface area contributed by atoms with Crippen LogP contribution in [0.2, 0.25) is 0 Å². The van der Waals surface area contributed by atoms with Crippen molar-refractivity contribution in [3.05, 3.63) is 69.5 Å². The number of nitrogens with one attached hydrogen (secondary N) is 1. The first-order valence-electron chi connectivity index (χ1n) is 7.76. The lowest BCUT2D eigenvalue weighted by atomic mass is 10.1. The predicted octanol–water partition coefficient (Wildman–Crippen LogP) is 4.68. The van der Waals surface area contributed by atoms with E-state index in [-0.39, 0.29) is 6.61 Å². The summed E-state index contributed by atoms with van der Waals surface area (Å²) in [4.78, 5) is 28.3. The summed E-state index contributed by atoms with van der Waals surface area (Å²) in [6.07, 6.45) is 0. The predicted molar refractivity (Wildman–Crippen MR) is 105 cm³/mol. The smallest absolute Gasteiger partial charge is 0.338 e. The summed E-state index contributed by atoms with van der Waals surface area (Å²) in [6.45, 7) is 1.65. The van der Waals surface area contributed by atoms with Gasteiger partial charge in [0.1, 0.15) is 0 Å². The van der Waals surface area contributed by atoms with Gasteiger partial charge >= 0.3 is 5.97 Å². The number of aryl methyl sites for hydroxylation is 1. The molecule has 1 aromatic heterocycles. The number of carbonyl (C=O) groups is 2. The molecule has 0 radical (unpaired) electrons. The largest absolute Gasteiger partial charge is 0.452 e. The number of halogens is 1. The molecule has 2 aromatic carbocycles. The van der Waals surface area contributed by atoms with Crippen LogP contribution in [-0.2, 0) is 9.53 Å². The van der Waals surface area contributed by atoms with Crippen LogP contribution in [0, 0.1) is 6.92 Å². The molecular formula is C19H15BrN2O3S. The van der Waals surface area contributed by atoms with E-state index in [0.29, 0.717) is 10.7 Å². The molecule has 0 saturated carbocycles. The number of hydrogen-bond acceptors (Lipinski definition) is 5. The number of anilines is 1. The molecule has 0 saturated heterocycles. The average molecular weight is 431 g/mol. The standard InChI is InChI=1S/C19H15BrN2O3S/c1-12-5-7-13(8-6-12)16-11-26-19(21-16)22-17(23)10-25-18(24)14-3-2-4-15(20)9-14/h2-9,11H,10H2,1H3,(H,21,22,23). The molecule has 26 heavy (non-hydrogen) atoms. The van der Waals surface area contributed by atoms with Gasteiger partial charge in [-0.25, -0.2) is 9.78 Å². The maximum Gasteiger partial charge on any atom is 0.338 e. The zero-order chi connectivity index (χ0) is 18.5. The van der Waals surface area contributed by atoms with Gasteiger partial charge in [-0.3, -0.25) is 10.1 Å². The number of amides is 1. The van der Waals surface area contributed by atoms with Crippen molar-refractivity contribution in [2.45, 2.75) is 6.92 Å². The van der Waals surface area contributed by atoms with E-state index in [1.54, 1.807) is 24.3 Å². The minimum atomic E-state index is -0.555. The van der Waals surface area contributed by atoms with Crippen LogP contribution in [0.1, 0.15) is 15.9 Å². The lowest BCUT2D eigenvalue weighted by Crippen LogP contribution is -2.20. The number of nitrogens with zero attached hydrogens (tertiary/aromatic N) is 1. The van der Waals surface area contributed by atoms with Crippen molar-refractivity contribution in [2.75, 3.05) is 11.9 Å². The van der Waals surface area contributed by atoms with Crippen molar-refractivity contribution in [3.8, 4) is 11.3 Å². The third kappa shape index (κ3) is 4.77. The van der Waals surface area contributed by atoms with E-state index in [9.17, 15) is 9.59 Å². The number of carbonyl (C=O) groups excluding carboxylic acids is 2. The zero-order valence-electron chi connectivity index (χ0n) is 13.9. The summed E-state index contributed by atoms with van der Waals surface area (Å²) in [6, 6.07) is 14.8. The van der Waals surface area contributed by atoms with Gasteiger partial charge in [0.25, 0.3) is 5.91 Å². The maximum absolute atomic E-state index is 12.0. The van der Waals surface area contributed by atoms with Crippen LogP contribution in [0.15, 0.2) is 58.4 Å². The topological polar surface area (TPSA) is 68.3 Å². The Hall–Kier alpha value is -2.51. The van der Waals surface area contributed by atoms with E-state index < -0.39 is 11.9 Å². The molecule has 3 aromatic rings. The molecule has 3 rings (SSSR count). The first-order valence-corrected chi connectivity index (χ1v) is 9.43. The molecule has 0 aliphatic rings. The van der Waals surface area contributed by atoms with E-state index in [4.69, 9.17) is 4.74 Å². The van der Waals surface area contributed by atoms with E-state index in [1.165, 1.54) is 16.9 Å². The van der Waals surface area contributed by atoms with Gasteiger partial charge in [-0.1, -0.05) is 51.8 Å². The molecule has 0 bridgehead atoms. The highest BCUT2D eigenvalue weighted by Gasteiger charge is 2.12. The normalized spacial score (nSPS) is 10.4. The molecule has 7 heteroatoms. The third-order valence-electron chi connectivity index (χ3n) is 3.49. The number of esters is 1. The van der Waals surface area contributed by atoms with E-state index >= 15 is 0 Å². The van der Waals surface area contributed by atoms with Crippen molar-refractivity contribution in [3.63, 3.8) is 0 Å². The van der Waals surface area contributed by atoms with Crippen LogP contribution in [0.4, 0.5) is 5.13 Å². The minimum absolute atomic E-state index is 0.370. The van der Waals surface area contributed by atoms with Gasteiger partial charge < -0.3 is 4.74 Å². The SMILES string of the molecule is Cc1ccc(-c2csc(NC(=O)COC(=O)c3cccc(Br)c3)n2)cc1. The highest BCUT2D eigenvalue weighted by Crippen LogP contribution is 2.25. The summed E-state index contributed by atoms with van der Waals surface area (Å²) < 4.78 is 5.79. The van der Waals surface area contributed by atoms with Gasteiger partial charge in [0.2, 0.25) is 0 Å². The molecule has 0 spiro atoms. The molecule has 0 unspecified atom stereocenters. The van der Waals surface area contributed by atoms with Crippen LogP contribution >= 0.6 is 27.3 Å². The Morgan fingerprint density at radius 2 is 1.96 bits per heavy atom. The van der Waals surface area contributed by atoms with Crippen LogP contribution in [0.5, 0.6) is 0 Å². The maximum atomic E-state index is 12.0. The molecule has 132 valence electrons. The quantitative estimate of drug-likeness (QED) is 0.596. The van der Waals surface area contributed by atoms with Gasteiger partial charge in [-0.05, 0) is 25.1 Å². The van der Waals surface area contributed by atoms with E-state index in [2.05, 4.69) is 26.2 Å². The van der Waals surface area contributed by atoms with Gasteiger partial charge in [-0.15, -0.1) is 11.3 Å². The van der Waals surface area contributed by atoms with Crippen molar-refractivity contribution in [1.29, 1.82) is 0 Å². The van der Waals surface area contributed by atoms with Gasteiger partial charge in [0.05, 0.1) is 11.3 Å². The summed E-state index contributed by atoms with van der Waals surface area (Å²) in [5, 5.41) is 4.97. The molecule has 1 amide bonds. The fraction of sp³-hybridized carbons (Fsp3) is 0.105. The van der Waals surface area contributed by atoms with E-state index in [1.807, 2.05) is 36.6 Å². The summed E-state index contributed by atoms with van der Waals surface area (Å²) in [5.74, 6) is -0.987. The first kappa shape index (κ1) is 18.3. The van der Waals surface area contributed by atoms with Gasteiger partial charge in [0.15, 0.2) is 11.7 Å². The molecule has 0 aliphatic heterocycles. The number of aromatic nitrogens is 1. The average Bonchev–Trinajstić information content (AvgIpc) is 3.08. The fourth-order valence-electron chi connectivity index (χ4n) is 2.17. The Kier molecular flexibility index (Phi) is 5.80. The second-order valence-electron chi connectivity index (χ2n) is 5.54. The monoisotopic (exact) mass is 430 g/mol. The van der Waals surface area contributed by atoms with Crippen molar-refractivity contribution >= 4 is 44.3 Å². The van der Waals surface area contributed by atoms with E-state index in [0.717, 1.165) is 15.7 Å². The fourth-order valence-corrected chi connectivity index (χ4v) is 3.31. The lowest BCUT2D eigenvalue weighted by molar-refractivity contribution is -0.119. The molecule has 1 heterocycles. The van der Waals surface area contributed by atoms with Gasteiger partial charge in [-0.2, -0.15) is 0 Å². The number of hydrogen-bond donors (Lipinski definition) is 1. The lowest BCUT2D eigenvalue weighted by Gasteiger charge is -2.05. The number of benzene rings is 2. The molecule has 0 atom stereocenters. The molecule has 1 N–H and O–H groups in total. The Bertz CT molecular complexity index is 938. The highest BCUT2D eigenvalue weighted by molar-refractivity contribution is 9.10. The molecule has 5 nitrogen and oxygen atoms in total. The summed E-state index contributed by atoms with van der Waals surface area (Å²) in [5.41, 5.74) is 3.32. The van der Waals surface area contributed by atoms with Crippen molar-refractivity contribution in [2.24, 2.45) is 0 Å². The third-order valence-corrected chi connectivity index (χ3v) is 4.74. The van der Waals surface area contributed by atoms with Crippen LogP contribution in [0.25, 0.3) is 11.3 Å². The number of ether oxygens (including phenoxy) is 1. The Morgan fingerprint density at radius 3 is 2.69 bits per heavy atom. The Morgan fingerprint density at radius 1 is 1.19 bits per heavy atom. The Balaban J connectivity index is 1.55. The zero-order valence-corrected chi connectivity index (χ0v) is 16.3. The number of thiazole rings is 1. The molecule has 0 aliphatic carbocycles. The summed E-state index contributed by atoms with van der Waals surface area (Å²) >= 11 is 4.61. The minimum Gasteiger partial charge on any atom is -0.452 e. The highest BCUT2D eigenvalue weighted by atomic mass is 79.9.